The molecule has 0 unspecified atom stereocenters. The van der Waals surface area contributed by atoms with Gasteiger partial charge in [0.25, 0.3) is 5.95 Å². The van der Waals surface area contributed by atoms with Gasteiger partial charge in [0.1, 0.15) is 5.82 Å². The van der Waals surface area contributed by atoms with Gasteiger partial charge in [0.15, 0.2) is 0 Å². The van der Waals surface area contributed by atoms with Gasteiger partial charge >= 0.3 is 6.03 Å². The zero-order chi connectivity index (χ0) is 17.8. The van der Waals surface area contributed by atoms with E-state index >= 15 is 0 Å². The van der Waals surface area contributed by atoms with Crippen LogP contribution >= 0.6 is 0 Å². The van der Waals surface area contributed by atoms with Gasteiger partial charge in [0, 0.05) is 24.0 Å². The van der Waals surface area contributed by atoms with Crippen molar-refractivity contribution < 1.29 is 4.79 Å². The van der Waals surface area contributed by atoms with Gasteiger partial charge in [0.05, 0.1) is 5.69 Å². The number of aromatic nitrogens is 4. The van der Waals surface area contributed by atoms with Crippen LogP contribution < -0.4 is 10.6 Å². The Labute approximate surface area is 147 Å². The lowest BCUT2D eigenvalue weighted by molar-refractivity contribution is 0.251. The first-order valence-electron chi connectivity index (χ1n) is 8.60. The molecule has 0 saturated carbocycles. The molecule has 7 heteroatoms. The molecule has 2 heterocycles. The summed E-state index contributed by atoms with van der Waals surface area (Å²) < 4.78 is 1.57. The molecule has 132 valence electrons. The number of anilines is 1. The summed E-state index contributed by atoms with van der Waals surface area (Å²) in [5.74, 6) is 1.66. The third-order valence-electron chi connectivity index (χ3n) is 4.18. The first kappa shape index (κ1) is 17.1. The molecule has 0 saturated heterocycles. The molecule has 0 aliphatic heterocycles. The second-order valence-electron chi connectivity index (χ2n) is 6.51. The van der Waals surface area contributed by atoms with E-state index < -0.39 is 0 Å². The average molecular weight is 340 g/mol. The summed E-state index contributed by atoms with van der Waals surface area (Å²) in [6, 6.07) is 3.47. The average Bonchev–Trinajstić information content (AvgIpc) is 3.16. The standard InChI is InChI=1S/C18H24N6O/c1-12-10-13(2)21-17(20-12)24-16(11-14(3)23-24)22-18(25)19-9-8-15-6-4-5-7-15/h4-5,10-11,15H,6-9H2,1-3H3,(H2,19,22,25). The highest BCUT2D eigenvalue weighted by atomic mass is 16.2. The Bertz CT molecular complexity index is 767. The number of amides is 2. The van der Waals surface area contributed by atoms with E-state index in [0.717, 1.165) is 36.3 Å². The number of carbonyl (C=O) groups is 1. The van der Waals surface area contributed by atoms with Crippen LogP contribution in [0.15, 0.2) is 24.3 Å². The fourth-order valence-electron chi connectivity index (χ4n) is 3.00. The monoisotopic (exact) mass is 340 g/mol. The summed E-state index contributed by atoms with van der Waals surface area (Å²) in [7, 11) is 0. The molecule has 3 rings (SSSR count). The minimum absolute atomic E-state index is 0.239. The number of allylic oxidation sites excluding steroid dienone is 2. The van der Waals surface area contributed by atoms with Crippen LogP contribution in [0.25, 0.3) is 5.95 Å². The Morgan fingerprint density at radius 1 is 1.12 bits per heavy atom. The number of nitrogens with zero attached hydrogens (tertiary/aromatic N) is 4. The van der Waals surface area contributed by atoms with E-state index in [0.29, 0.717) is 24.2 Å². The molecule has 2 aromatic heterocycles. The Balaban J connectivity index is 1.65. The van der Waals surface area contributed by atoms with Crippen LogP contribution in [0.3, 0.4) is 0 Å². The van der Waals surface area contributed by atoms with Crippen molar-refractivity contribution in [2.75, 3.05) is 11.9 Å². The third-order valence-corrected chi connectivity index (χ3v) is 4.18. The summed E-state index contributed by atoms with van der Waals surface area (Å²) in [4.78, 5) is 21.0. The number of urea groups is 1. The summed E-state index contributed by atoms with van der Waals surface area (Å²) in [5.41, 5.74) is 2.50. The van der Waals surface area contributed by atoms with Crippen LogP contribution in [0.2, 0.25) is 0 Å². The van der Waals surface area contributed by atoms with Gasteiger partial charge in [-0.3, -0.25) is 5.32 Å². The smallest absolute Gasteiger partial charge is 0.320 e. The highest BCUT2D eigenvalue weighted by Gasteiger charge is 2.14. The lowest BCUT2D eigenvalue weighted by atomic mass is 10.0. The van der Waals surface area contributed by atoms with E-state index in [-0.39, 0.29) is 6.03 Å². The molecule has 0 aromatic carbocycles. The quantitative estimate of drug-likeness (QED) is 0.819. The lowest BCUT2D eigenvalue weighted by Gasteiger charge is -2.12. The molecule has 7 nitrogen and oxygen atoms in total. The fraction of sp³-hybridized carbons (Fsp3) is 0.444. The van der Waals surface area contributed by atoms with Crippen molar-refractivity contribution in [1.29, 1.82) is 0 Å². The molecule has 0 radical (unpaired) electrons. The second-order valence-corrected chi connectivity index (χ2v) is 6.51. The van der Waals surface area contributed by atoms with E-state index in [1.807, 2.05) is 32.9 Å². The highest BCUT2D eigenvalue weighted by molar-refractivity contribution is 5.88. The van der Waals surface area contributed by atoms with E-state index in [1.165, 1.54) is 0 Å². The van der Waals surface area contributed by atoms with Gasteiger partial charge in [0.2, 0.25) is 0 Å². The topological polar surface area (TPSA) is 84.7 Å². The molecular formula is C18H24N6O. The van der Waals surface area contributed by atoms with Gasteiger partial charge in [-0.2, -0.15) is 9.78 Å². The van der Waals surface area contributed by atoms with Gasteiger partial charge in [-0.25, -0.2) is 14.8 Å². The van der Waals surface area contributed by atoms with Crippen LogP contribution in [-0.2, 0) is 0 Å². The predicted octanol–water partition coefficient (Wildman–Crippen LogP) is 3.07. The van der Waals surface area contributed by atoms with Crippen molar-refractivity contribution in [2.24, 2.45) is 5.92 Å². The number of carbonyl (C=O) groups excluding carboxylic acids is 1. The van der Waals surface area contributed by atoms with Crippen LogP contribution in [0.5, 0.6) is 0 Å². The number of nitrogens with one attached hydrogen (secondary N) is 2. The third kappa shape index (κ3) is 4.43. The number of hydrogen-bond donors (Lipinski definition) is 2. The summed E-state index contributed by atoms with van der Waals surface area (Å²) in [5, 5.41) is 10.2. The molecule has 2 N–H and O–H groups in total. The summed E-state index contributed by atoms with van der Waals surface area (Å²) >= 11 is 0. The molecular weight excluding hydrogens is 316 g/mol. The lowest BCUT2D eigenvalue weighted by Crippen LogP contribution is -2.31. The molecule has 0 bridgehead atoms. The zero-order valence-corrected chi connectivity index (χ0v) is 14.9. The van der Waals surface area contributed by atoms with Crippen molar-refractivity contribution in [3.05, 3.63) is 41.4 Å². The van der Waals surface area contributed by atoms with Crippen molar-refractivity contribution in [1.82, 2.24) is 25.1 Å². The van der Waals surface area contributed by atoms with Crippen molar-refractivity contribution >= 4 is 11.8 Å². The van der Waals surface area contributed by atoms with Crippen molar-refractivity contribution in [3.63, 3.8) is 0 Å². The fourth-order valence-corrected chi connectivity index (χ4v) is 3.00. The molecule has 0 spiro atoms. The maximum Gasteiger partial charge on any atom is 0.320 e. The van der Waals surface area contributed by atoms with Crippen molar-refractivity contribution in [2.45, 2.75) is 40.0 Å². The minimum atomic E-state index is -0.239. The summed E-state index contributed by atoms with van der Waals surface area (Å²) in [6.45, 7) is 6.35. The van der Waals surface area contributed by atoms with E-state index in [1.54, 1.807) is 4.68 Å². The Hall–Kier alpha value is -2.70. The molecule has 25 heavy (non-hydrogen) atoms. The van der Waals surface area contributed by atoms with Crippen LogP contribution in [-0.4, -0.2) is 32.3 Å². The van der Waals surface area contributed by atoms with Gasteiger partial charge in [-0.1, -0.05) is 12.2 Å². The molecule has 0 atom stereocenters. The van der Waals surface area contributed by atoms with E-state index in [2.05, 4.69) is 37.9 Å². The van der Waals surface area contributed by atoms with Gasteiger partial charge in [-0.05, 0) is 52.0 Å². The molecule has 1 aliphatic carbocycles. The minimum Gasteiger partial charge on any atom is -0.338 e. The molecule has 2 amide bonds. The largest absolute Gasteiger partial charge is 0.338 e. The first-order chi connectivity index (χ1) is 12.0. The number of aryl methyl sites for hydroxylation is 3. The second kappa shape index (κ2) is 7.46. The Morgan fingerprint density at radius 2 is 1.80 bits per heavy atom. The number of rotatable bonds is 5. The maximum atomic E-state index is 12.2. The van der Waals surface area contributed by atoms with Crippen LogP contribution in [0.4, 0.5) is 10.6 Å². The van der Waals surface area contributed by atoms with Crippen LogP contribution in [0.1, 0.15) is 36.3 Å². The molecule has 0 fully saturated rings. The number of hydrogen-bond acceptors (Lipinski definition) is 4. The maximum absolute atomic E-state index is 12.2. The predicted molar refractivity (Wildman–Crippen MR) is 96.9 cm³/mol. The first-order valence-corrected chi connectivity index (χ1v) is 8.60. The SMILES string of the molecule is Cc1cc(C)nc(-n2nc(C)cc2NC(=O)NCCC2CC=CC2)n1. The van der Waals surface area contributed by atoms with Crippen LogP contribution in [0, 0.1) is 26.7 Å². The van der Waals surface area contributed by atoms with E-state index in [4.69, 9.17) is 0 Å². The van der Waals surface area contributed by atoms with Gasteiger partial charge < -0.3 is 5.32 Å². The highest BCUT2D eigenvalue weighted by Crippen LogP contribution is 2.20. The molecule has 2 aromatic rings. The summed E-state index contributed by atoms with van der Waals surface area (Å²) in [6.07, 6.45) is 7.61. The zero-order valence-electron chi connectivity index (χ0n) is 14.9. The molecule has 1 aliphatic rings. The normalized spacial score (nSPS) is 14.0. The van der Waals surface area contributed by atoms with Gasteiger partial charge in [-0.15, -0.1) is 0 Å². The van der Waals surface area contributed by atoms with E-state index in [9.17, 15) is 4.79 Å². The Kier molecular flexibility index (Phi) is 5.11. The van der Waals surface area contributed by atoms with Crippen molar-refractivity contribution in [3.8, 4) is 5.95 Å². The Morgan fingerprint density at radius 3 is 2.48 bits per heavy atom.